The monoisotopic (exact) mass is 290 g/mol. The molecule has 1 aliphatic rings. The topological polar surface area (TPSA) is 41.6 Å². The van der Waals surface area contributed by atoms with Gasteiger partial charge in [0.15, 0.2) is 0 Å². The molecule has 4 heteroatoms. The highest BCUT2D eigenvalue weighted by molar-refractivity contribution is 5.75. The van der Waals surface area contributed by atoms with Gasteiger partial charge < -0.3 is 15.0 Å². The first-order valence-corrected chi connectivity index (χ1v) is 7.79. The van der Waals surface area contributed by atoms with Crippen molar-refractivity contribution in [3.63, 3.8) is 0 Å². The second kappa shape index (κ2) is 8.03. The summed E-state index contributed by atoms with van der Waals surface area (Å²) in [5.74, 6) is 1.76. The van der Waals surface area contributed by atoms with E-state index in [1.807, 2.05) is 38.2 Å². The Morgan fingerprint density at radius 1 is 1.48 bits per heavy atom. The van der Waals surface area contributed by atoms with E-state index in [4.69, 9.17) is 4.74 Å². The SMILES string of the molecule is Cc1cccc(OCCN(C)C(=O)CCC2CCNC2)c1. The largest absolute Gasteiger partial charge is 0.492 e. The van der Waals surface area contributed by atoms with E-state index in [1.165, 1.54) is 12.0 Å². The van der Waals surface area contributed by atoms with Gasteiger partial charge in [-0.25, -0.2) is 0 Å². The lowest BCUT2D eigenvalue weighted by Crippen LogP contribution is -2.31. The first kappa shape index (κ1) is 15.8. The molecular formula is C17H26N2O2. The fourth-order valence-corrected chi connectivity index (χ4v) is 2.61. The van der Waals surface area contributed by atoms with Crippen LogP contribution in [0.5, 0.6) is 5.75 Å². The van der Waals surface area contributed by atoms with Crippen LogP contribution in [0.2, 0.25) is 0 Å². The summed E-state index contributed by atoms with van der Waals surface area (Å²) in [6, 6.07) is 7.98. The molecule has 1 unspecified atom stereocenters. The van der Waals surface area contributed by atoms with E-state index < -0.39 is 0 Å². The normalized spacial score (nSPS) is 17.7. The fraction of sp³-hybridized carbons (Fsp3) is 0.588. The third-order valence-electron chi connectivity index (χ3n) is 4.04. The van der Waals surface area contributed by atoms with Gasteiger partial charge in [0.1, 0.15) is 12.4 Å². The molecule has 116 valence electrons. The van der Waals surface area contributed by atoms with Gasteiger partial charge in [-0.2, -0.15) is 0 Å². The number of hydrogen-bond donors (Lipinski definition) is 1. The molecule has 1 atom stereocenters. The van der Waals surface area contributed by atoms with Crippen LogP contribution >= 0.6 is 0 Å². The van der Waals surface area contributed by atoms with Crippen molar-refractivity contribution in [2.24, 2.45) is 5.92 Å². The molecule has 0 aromatic heterocycles. The Morgan fingerprint density at radius 2 is 2.33 bits per heavy atom. The standard InChI is InChI=1S/C17H26N2O2/c1-14-4-3-5-16(12-14)21-11-10-19(2)17(20)7-6-15-8-9-18-13-15/h3-5,12,15,18H,6-11,13H2,1-2H3. The molecule has 0 bridgehead atoms. The molecule has 0 aliphatic carbocycles. The highest BCUT2D eigenvalue weighted by atomic mass is 16.5. The Kier molecular flexibility index (Phi) is 6.05. The third-order valence-corrected chi connectivity index (χ3v) is 4.04. The van der Waals surface area contributed by atoms with E-state index in [-0.39, 0.29) is 5.91 Å². The zero-order valence-corrected chi connectivity index (χ0v) is 13.1. The number of likely N-dealkylation sites (N-methyl/N-ethyl adjacent to an activating group) is 1. The Hall–Kier alpha value is -1.55. The summed E-state index contributed by atoms with van der Waals surface area (Å²) < 4.78 is 5.68. The second-order valence-corrected chi connectivity index (χ2v) is 5.88. The number of nitrogens with zero attached hydrogens (tertiary/aromatic N) is 1. The molecule has 21 heavy (non-hydrogen) atoms. The molecule has 2 rings (SSSR count). The minimum atomic E-state index is 0.217. The number of aryl methyl sites for hydroxylation is 1. The van der Waals surface area contributed by atoms with E-state index in [2.05, 4.69) is 5.32 Å². The summed E-state index contributed by atoms with van der Waals surface area (Å²) in [6.07, 6.45) is 2.84. The van der Waals surface area contributed by atoms with Gasteiger partial charge in [-0.3, -0.25) is 4.79 Å². The maximum absolute atomic E-state index is 12.0. The minimum absolute atomic E-state index is 0.217. The molecule has 1 saturated heterocycles. The number of benzene rings is 1. The number of carbonyl (C=O) groups is 1. The number of nitrogens with one attached hydrogen (secondary N) is 1. The average Bonchev–Trinajstić information content (AvgIpc) is 2.98. The lowest BCUT2D eigenvalue weighted by Gasteiger charge is -2.18. The number of rotatable bonds is 7. The number of amides is 1. The zero-order chi connectivity index (χ0) is 15.1. The van der Waals surface area contributed by atoms with Crippen molar-refractivity contribution < 1.29 is 9.53 Å². The van der Waals surface area contributed by atoms with Crippen molar-refractivity contribution in [2.45, 2.75) is 26.2 Å². The van der Waals surface area contributed by atoms with Crippen LogP contribution < -0.4 is 10.1 Å². The molecule has 1 fully saturated rings. The van der Waals surface area contributed by atoms with Crippen molar-refractivity contribution in [2.75, 3.05) is 33.3 Å². The molecular weight excluding hydrogens is 264 g/mol. The first-order chi connectivity index (χ1) is 10.1. The molecule has 1 aromatic rings. The van der Waals surface area contributed by atoms with E-state index in [1.54, 1.807) is 4.90 Å². The van der Waals surface area contributed by atoms with Gasteiger partial charge in [0.05, 0.1) is 6.54 Å². The van der Waals surface area contributed by atoms with Crippen LogP contribution in [0.1, 0.15) is 24.8 Å². The fourth-order valence-electron chi connectivity index (χ4n) is 2.61. The maximum atomic E-state index is 12.0. The van der Waals surface area contributed by atoms with Crippen LogP contribution in [0.4, 0.5) is 0 Å². The Morgan fingerprint density at radius 3 is 3.05 bits per heavy atom. The molecule has 1 aromatic carbocycles. The van der Waals surface area contributed by atoms with Gasteiger partial charge in [-0.1, -0.05) is 12.1 Å². The minimum Gasteiger partial charge on any atom is -0.492 e. The van der Waals surface area contributed by atoms with Crippen molar-refractivity contribution in [3.8, 4) is 5.75 Å². The molecule has 0 spiro atoms. The van der Waals surface area contributed by atoms with Crippen molar-refractivity contribution in [1.82, 2.24) is 10.2 Å². The van der Waals surface area contributed by atoms with Gasteiger partial charge in [-0.15, -0.1) is 0 Å². The van der Waals surface area contributed by atoms with E-state index in [0.29, 0.717) is 25.5 Å². The van der Waals surface area contributed by atoms with Crippen LogP contribution in [0.25, 0.3) is 0 Å². The lowest BCUT2D eigenvalue weighted by atomic mass is 10.0. The summed E-state index contributed by atoms with van der Waals surface area (Å²) in [5, 5.41) is 3.34. The van der Waals surface area contributed by atoms with Gasteiger partial charge in [-0.05, 0) is 56.5 Å². The molecule has 1 N–H and O–H groups in total. The zero-order valence-electron chi connectivity index (χ0n) is 13.1. The molecule has 1 amide bonds. The van der Waals surface area contributed by atoms with Crippen LogP contribution in [-0.4, -0.2) is 44.1 Å². The van der Waals surface area contributed by atoms with Gasteiger partial charge in [0.25, 0.3) is 0 Å². The quantitative estimate of drug-likeness (QED) is 0.837. The number of ether oxygens (including phenoxy) is 1. The molecule has 4 nitrogen and oxygen atoms in total. The summed E-state index contributed by atoms with van der Waals surface area (Å²) in [7, 11) is 1.86. The Balaban J connectivity index is 1.63. The van der Waals surface area contributed by atoms with Gasteiger partial charge >= 0.3 is 0 Å². The summed E-state index contributed by atoms with van der Waals surface area (Å²) >= 11 is 0. The molecule has 1 heterocycles. The maximum Gasteiger partial charge on any atom is 0.222 e. The summed E-state index contributed by atoms with van der Waals surface area (Å²) in [5.41, 5.74) is 1.18. The van der Waals surface area contributed by atoms with Crippen molar-refractivity contribution in [3.05, 3.63) is 29.8 Å². The van der Waals surface area contributed by atoms with E-state index >= 15 is 0 Å². The first-order valence-electron chi connectivity index (χ1n) is 7.79. The number of carbonyl (C=O) groups excluding carboxylic acids is 1. The van der Waals surface area contributed by atoms with Crippen LogP contribution in [0.15, 0.2) is 24.3 Å². The molecule has 0 radical (unpaired) electrons. The predicted molar refractivity (Wildman–Crippen MR) is 84.5 cm³/mol. The predicted octanol–water partition coefficient (Wildman–Crippen LogP) is 2.22. The average molecular weight is 290 g/mol. The second-order valence-electron chi connectivity index (χ2n) is 5.88. The summed E-state index contributed by atoms with van der Waals surface area (Å²) in [4.78, 5) is 13.8. The van der Waals surface area contributed by atoms with Gasteiger partial charge in [0.2, 0.25) is 5.91 Å². The Labute approximate surface area is 127 Å². The third kappa shape index (κ3) is 5.38. The smallest absolute Gasteiger partial charge is 0.222 e. The highest BCUT2D eigenvalue weighted by Gasteiger charge is 2.17. The molecule has 1 aliphatic heterocycles. The number of hydrogen-bond acceptors (Lipinski definition) is 3. The van der Waals surface area contributed by atoms with Crippen molar-refractivity contribution in [1.29, 1.82) is 0 Å². The summed E-state index contributed by atoms with van der Waals surface area (Å²) in [6.45, 7) is 5.37. The highest BCUT2D eigenvalue weighted by Crippen LogP contribution is 2.15. The van der Waals surface area contributed by atoms with E-state index in [0.717, 1.165) is 25.3 Å². The lowest BCUT2D eigenvalue weighted by molar-refractivity contribution is -0.130. The van der Waals surface area contributed by atoms with Crippen LogP contribution in [0.3, 0.4) is 0 Å². The Bertz CT molecular complexity index is 456. The van der Waals surface area contributed by atoms with Crippen LogP contribution in [0, 0.1) is 12.8 Å². The van der Waals surface area contributed by atoms with Gasteiger partial charge in [0, 0.05) is 13.5 Å². The molecule has 0 saturated carbocycles. The van der Waals surface area contributed by atoms with Crippen molar-refractivity contribution >= 4 is 5.91 Å². The van der Waals surface area contributed by atoms with Crippen LogP contribution in [-0.2, 0) is 4.79 Å². The van der Waals surface area contributed by atoms with E-state index in [9.17, 15) is 4.79 Å².